The average Bonchev–Trinajstić information content (AvgIpc) is 3.41. The van der Waals surface area contributed by atoms with E-state index in [0.717, 1.165) is 23.4 Å². The highest BCUT2D eigenvalue weighted by Crippen LogP contribution is 2.35. The number of carbonyl (C=O) groups is 3. The normalized spacial score (nSPS) is 19.2. The molecule has 1 N–H and O–H groups in total. The highest BCUT2D eigenvalue weighted by atomic mass is 16.6. The summed E-state index contributed by atoms with van der Waals surface area (Å²) in [5, 5.41) is 2.90. The van der Waals surface area contributed by atoms with Crippen molar-refractivity contribution in [3.05, 3.63) is 42.0 Å². The van der Waals surface area contributed by atoms with Crippen molar-refractivity contribution in [2.75, 3.05) is 41.4 Å². The number of anilines is 3. The van der Waals surface area contributed by atoms with Gasteiger partial charge in [-0.2, -0.15) is 0 Å². The SMILES string of the molecule is CCC(=O)N1CCc2cc(N3CC(C(=O)Nc4ccc5c(c4)OCCO5)CC3=O)ccc21. The van der Waals surface area contributed by atoms with Crippen LogP contribution in [0.15, 0.2) is 36.4 Å². The molecule has 3 aliphatic rings. The molecule has 2 aromatic carbocycles. The molecular formula is C24H25N3O5. The number of nitrogens with zero attached hydrogens (tertiary/aromatic N) is 2. The minimum Gasteiger partial charge on any atom is -0.486 e. The Balaban J connectivity index is 1.27. The van der Waals surface area contributed by atoms with E-state index < -0.39 is 5.92 Å². The number of hydrogen-bond donors (Lipinski definition) is 1. The summed E-state index contributed by atoms with van der Waals surface area (Å²) in [7, 11) is 0. The summed E-state index contributed by atoms with van der Waals surface area (Å²) in [5.74, 6) is 0.649. The second kappa shape index (κ2) is 8.18. The molecular weight excluding hydrogens is 410 g/mol. The second-order valence-corrected chi connectivity index (χ2v) is 8.22. The minimum absolute atomic E-state index is 0.0771. The van der Waals surface area contributed by atoms with Crippen molar-refractivity contribution in [1.29, 1.82) is 0 Å². The summed E-state index contributed by atoms with van der Waals surface area (Å²) in [6.07, 6.45) is 1.39. The van der Waals surface area contributed by atoms with Crippen molar-refractivity contribution >= 4 is 34.8 Å². The molecule has 0 aliphatic carbocycles. The van der Waals surface area contributed by atoms with Crippen molar-refractivity contribution in [3.8, 4) is 11.5 Å². The summed E-state index contributed by atoms with van der Waals surface area (Å²) in [5.41, 5.74) is 3.36. The molecule has 8 nitrogen and oxygen atoms in total. The minimum atomic E-state index is -0.442. The van der Waals surface area contributed by atoms with Crippen LogP contribution in [0.5, 0.6) is 11.5 Å². The van der Waals surface area contributed by atoms with E-state index in [9.17, 15) is 14.4 Å². The van der Waals surface area contributed by atoms with Crippen LogP contribution in [0.25, 0.3) is 0 Å². The third kappa shape index (κ3) is 3.66. The van der Waals surface area contributed by atoms with E-state index in [0.29, 0.717) is 49.9 Å². The molecule has 1 atom stereocenters. The fraction of sp³-hybridized carbons (Fsp3) is 0.375. The lowest BCUT2D eigenvalue weighted by molar-refractivity contribution is -0.122. The zero-order chi connectivity index (χ0) is 22.2. The first-order chi connectivity index (χ1) is 15.5. The van der Waals surface area contributed by atoms with Gasteiger partial charge >= 0.3 is 0 Å². The van der Waals surface area contributed by atoms with Gasteiger partial charge in [-0.25, -0.2) is 0 Å². The van der Waals surface area contributed by atoms with Crippen LogP contribution >= 0.6 is 0 Å². The summed E-state index contributed by atoms with van der Waals surface area (Å²) in [6.45, 7) is 3.83. The quantitative estimate of drug-likeness (QED) is 0.798. The lowest BCUT2D eigenvalue weighted by atomic mass is 10.1. The molecule has 0 aromatic heterocycles. The summed E-state index contributed by atoms with van der Waals surface area (Å²) >= 11 is 0. The van der Waals surface area contributed by atoms with Crippen molar-refractivity contribution in [2.24, 2.45) is 5.92 Å². The molecule has 3 aliphatic heterocycles. The Kier molecular flexibility index (Phi) is 5.20. The number of benzene rings is 2. The molecule has 8 heteroatoms. The first kappa shape index (κ1) is 20.4. The Bertz CT molecular complexity index is 1100. The summed E-state index contributed by atoms with van der Waals surface area (Å²) < 4.78 is 11.1. The van der Waals surface area contributed by atoms with E-state index in [-0.39, 0.29) is 24.1 Å². The van der Waals surface area contributed by atoms with Gasteiger partial charge in [0.05, 0.1) is 5.92 Å². The van der Waals surface area contributed by atoms with Crippen molar-refractivity contribution < 1.29 is 23.9 Å². The van der Waals surface area contributed by atoms with Crippen molar-refractivity contribution in [2.45, 2.75) is 26.2 Å². The maximum Gasteiger partial charge on any atom is 0.229 e. The van der Waals surface area contributed by atoms with Crippen LogP contribution in [-0.2, 0) is 20.8 Å². The molecule has 0 saturated carbocycles. The first-order valence-electron chi connectivity index (χ1n) is 11.0. The van der Waals surface area contributed by atoms with Crippen LogP contribution < -0.4 is 24.6 Å². The van der Waals surface area contributed by atoms with E-state index in [2.05, 4.69) is 5.32 Å². The molecule has 3 heterocycles. The molecule has 166 valence electrons. The largest absolute Gasteiger partial charge is 0.486 e. The molecule has 0 spiro atoms. The van der Waals surface area contributed by atoms with Gasteiger partial charge in [-0.15, -0.1) is 0 Å². The van der Waals surface area contributed by atoms with Gasteiger partial charge in [0.25, 0.3) is 0 Å². The van der Waals surface area contributed by atoms with E-state index in [4.69, 9.17) is 9.47 Å². The van der Waals surface area contributed by atoms with Gasteiger partial charge in [0.2, 0.25) is 17.7 Å². The molecule has 1 unspecified atom stereocenters. The number of nitrogens with one attached hydrogen (secondary N) is 1. The second-order valence-electron chi connectivity index (χ2n) is 8.22. The number of ether oxygens (including phenoxy) is 2. The van der Waals surface area contributed by atoms with Crippen LogP contribution in [-0.4, -0.2) is 44.0 Å². The van der Waals surface area contributed by atoms with Gasteiger partial charge in [-0.1, -0.05) is 6.92 Å². The van der Waals surface area contributed by atoms with E-state index >= 15 is 0 Å². The Morgan fingerprint density at radius 1 is 1.09 bits per heavy atom. The Morgan fingerprint density at radius 3 is 2.72 bits per heavy atom. The van der Waals surface area contributed by atoms with Crippen LogP contribution in [0.1, 0.15) is 25.3 Å². The monoisotopic (exact) mass is 435 g/mol. The number of carbonyl (C=O) groups excluding carboxylic acids is 3. The predicted octanol–water partition coefficient (Wildman–Crippen LogP) is 2.75. The highest BCUT2D eigenvalue weighted by molar-refractivity contribution is 6.04. The number of amides is 3. The summed E-state index contributed by atoms with van der Waals surface area (Å²) in [6, 6.07) is 11.0. The van der Waals surface area contributed by atoms with Crippen LogP contribution in [0, 0.1) is 5.92 Å². The third-order valence-electron chi connectivity index (χ3n) is 6.18. The van der Waals surface area contributed by atoms with Gasteiger partial charge in [-0.05, 0) is 42.3 Å². The van der Waals surface area contributed by atoms with Crippen LogP contribution in [0.2, 0.25) is 0 Å². The highest BCUT2D eigenvalue weighted by Gasteiger charge is 2.36. The first-order valence-corrected chi connectivity index (χ1v) is 11.0. The van der Waals surface area contributed by atoms with Gasteiger partial charge in [0.15, 0.2) is 11.5 Å². The summed E-state index contributed by atoms with van der Waals surface area (Å²) in [4.78, 5) is 41.1. The zero-order valence-corrected chi connectivity index (χ0v) is 17.9. The molecule has 0 radical (unpaired) electrons. The molecule has 32 heavy (non-hydrogen) atoms. The Labute approximate surface area is 186 Å². The number of fused-ring (bicyclic) bond motifs is 2. The van der Waals surface area contributed by atoms with Crippen LogP contribution in [0.4, 0.5) is 17.1 Å². The van der Waals surface area contributed by atoms with E-state index in [1.807, 2.05) is 25.1 Å². The standard InChI is InChI=1S/C24H25N3O5/c1-2-22(28)26-8-7-15-11-18(4-5-19(15)26)27-14-16(12-23(27)29)24(30)25-17-3-6-20-21(13-17)32-10-9-31-20/h3-6,11,13,16H,2,7-10,12,14H2,1H3,(H,25,30). The molecule has 1 fully saturated rings. The third-order valence-corrected chi connectivity index (χ3v) is 6.18. The fourth-order valence-corrected chi connectivity index (χ4v) is 4.50. The zero-order valence-electron chi connectivity index (χ0n) is 17.9. The average molecular weight is 435 g/mol. The van der Waals surface area contributed by atoms with Gasteiger partial charge in [0, 0.05) is 49.1 Å². The smallest absolute Gasteiger partial charge is 0.229 e. The maximum atomic E-state index is 12.8. The van der Waals surface area contributed by atoms with Gasteiger partial charge in [-0.3, -0.25) is 14.4 Å². The van der Waals surface area contributed by atoms with E-state index in [1.54, 1.807) is 28.0 Å². The van der Waals surface area contributed by atoms with Crippen molar-refractivity contribution in [1.82, 2.24) is 0 Å². The Morgan fingerprint density at radius 2 is 1.91 bits per heavy atom. The number of hydrogen-bond acceptors (Lipinski definition) is 5. The predicted molar refractivity (Wildman–Crippen MR) is 119 cm³/mol. The molecule has 3 amide bonds. The lowest BCUT2D eigenvalue weighted by Gasteiger charge is -2.20. The van der Waals surface area contributed by atoms with Crippen molar-refractivity contribution in [3.63, 3.8) is 0 Å². The Hall–Kier alpha value is -3.55. The lowest BCUT2D eigenvalue weighted by Crippen LogP contribution is -2.28. The fourth-order valence-electron chi connectivity index (χ4n) is 4.50. The van der Waals surface area contributed by atoms with E-state index in [1.165, 1.54) is 0 Å². The molecule has 1 saturated heterocycles. The topological polar surface area (TPSA) is 88.2 Å². The van der Waals surface area contributed by atoms with Gasteiger partial charge in [0.1, 0.15) is 13.2 Å². The number of rotatable bonds is 4. The maximum absolute atomic E-state index is 12.8. The van der Waals surface area contributed by atoms with Gasteiger partial charge < -0.3 is 24.6 Å². The molecule has 5 rings (SSSR count). The van der Waals surface area contributed by atoms with Crippen LogP contribution in [0.3, 0.4) is 0 Å². The molecule has 2 aromatic rings. The molecule has 0 bridgehead atoms.